The van der Waals surface area contributed by atoms with Gasteiger partial charge in [-0.25, -0.2) is 4.98 Å². The lowest BCUT2D eigenvalue weighted by Gasteiger charge is -2.33. The van der Waals surface area contributed by atoms with Gasteiger partial charge in [-0.1, -0.05) is 6.07 Å². The van der Waals surface area contributed by atoms with Gasteiger partial charge < -0.3 is 14.6 Å². The van der Waals surface area contributed by atoms with Crippen molar-refractivity contribution in [1.82, 2.24) is 10.3 Å². The van der Waals surface area contributed by atoms with E-state index in [1.807, 2.05) is 30.5 Å². The second-order valence-electron chi connectivity index (χ2n) is 5.04. The fraction of sp³-hybridized carbons (Fsp3) is 0.400. The molecule has 0 amide bonds. The van der Waals surface area contributed by atoms with Crippen LogP contribution in [0.15, 0.2) is 45.6 Å². The van der Waals surface area contributed by atoms with E-state index < -0.39 is 0 Å². The third-order valence-corrected chi connectivity index (χ3v) is 4.09. The number of furan rings is 1. The van der Waals surface area contributed by atoms with Crippen molar-refractivity contribution in [3.05, 3.63) is 47.0 Å². The number of halogens is 1. The summed E-state index contributed by atoms with van der Waals surface area (Å²) in [6.45, 7) is 2.90. The van der Waals surface area contributed by atoms with Crippen molar-refractivity contribution in [1.29, 1.82) is 0 Å². The van der Waals surface area contributed by atoms with Gasteiger partial charge in [0.25, 0.3) is 0 Å². The summed E-state index contributed by atoms with van der Waals surface area (Å²) >= 11 is 3.32. The topological polar surface area (TPSA) is 41.3 Å². The van der Waals surface area contributed by atoms with Crippen LogP contribution in [0, 0.1) is 0 Å². The third kappa shape index (κ3) is 3.41. The summed E-state index contributed by atoms with van der Waals surface area (Å²) in [5.41, 5.74) is 0. The fourth-order valence-electron chi connectivity index (χ4n) is 2.55. The number of anilines is 1. The van der Waals surface area contributed by atoms with Crippen LogP contribution in [0.4, 0.5) is 5.82 Å². The highest BCUT2D eigenvalue weighted by molar-refractivity contribution is 9.10. The van der Waals surface area contributed by atoms with Gasteiger partial charge in [-0.05, 0) is 53.0 Å². The maximum atomic E-state index is 5.50. The van der Waals surface area contributed by atoms with Crippen LogP contribution < -0.4 is 10.2 Å². The van der Waals surface area contributed by atoms with Gasteiger partial charge in [0.15, 0.2) is 4.67 Å². The normalized spacial score (nSPS) is 16.6. The monoisotopic (exact) mass is 335 g/mol. The maximum absolute atomic E-state index is 5.50. The van der Waals surface area contributed by atoms with E-state index in [-0.39, 0.29) is 0 Å². The van der Waals surface area contributed by atoms with Gasteiger partial charge in [-0.15, -0.1) is 0 Å². The number of hydrogen-bond donors (Lipinski definition) is 1. The number of aromatic nitrogens is 1. The van der Waals surface area contributed by atoms with Crippen molar-refractivity contribution in [2.45, 2.75) is 25.4 Å². The molecular formula is C15H18BrN3O. The van der Waals surface area contributed by atoms with E-state index in [1.165, 1.54) is 0 Å². The highest BCUT2D eigenvalue weighted by Crippen LogP contribution is 2.18. The molecule has 0 spiro atoms. The molecule has 0 bridgehead atoms. The summed E-state index contributed by atoms with van der Waals surface area (Å²) < 4.78 is 6.29. The Kier molecular flexibility index (Phi) is 4.38. The van der Waals surface area contributed by atoms with Crippen molar-refractivity contribution in [3.8, 4) is 0 Å². The summed E-state index contributed by atoms with van der Waals surface area (Å²) in [5, 5.41) is 3.56. The lowest BCUT2D eigenvalue weighted by Crippen LogP contribution is -2.42. The molecule has 1 aliphatic rings. The van der Waals surface area contributed by atoms with Crippen LogP contribution in [0.1, 0.15) is 18.6 Å². The Balaban J connectivity index is 1.47. The van der Waals surface area contributed by atoms with E-state index in [2.05, 4.69) is 37.2 Å². The molecule has 0 atom stereocenters. The molecule has 0 saturated carbocycles. The van der Waals surface area contributed by atoms with Crippen molar-refractivity contribution in [2.24, 2.45) is 0 Å². The molecule has 1 saturated heterocycles. The fourth-order valence-corrected chi connectivity index (χ4v) is 2.89. The average Bonchev–Trinajstić information content (AvgIpc) is 2.92. The predicted octanol–water partition coefficient (Wildman–Crippen LogP) is 3.20. The standard InChI is InChI=1S/C15H18BrN3O/c16-14-5-4-13(20-14)11-18-12-6-9-19(10-7-12)15-3-1-2-8-17-15/h1-5,8,12,18H,6-7,9-11H2. The predicted molar refractivity (Wildman–Crippen MR) is 82.7 cm³/mol. The first kappa shape index (κ1) is 13.6. The Morgan fingerprint density at radius 2 is 2.10 bits per heavy atom. The molecule has 20 heavy (non-hydrogen) atoms. The van der Waals surface area contributed by atoms with Crippen LogP contribution >= 0.6 is 15.9 Å². The molecule has 5 heteroatoms. The first-order chi connectivity index (χ1) is 9.81. The number of nitrogens with one attached hydrogen (secondary N) is 1. The summed E-state index contributed by atoms with van der Waals surface area (Å²) in [4.78, 5) is 6.76. The quantitative estimate of drug-likeness (QED) is 0.931. The molecule has 1 aliphatic heterocycles. The molecule has 106 valence electrons. The van der Waals surface area contributed by atoms with E-state index in [0.717, 1.165) is 48.7 Å². The van der Waals surface area contributed by atoms with Gasteiger partial charge in [-0.3, -0.25) is 0 Å². The molecule has 0 aromatic carbocycles. The van der Waals surface area contributed by atoms with Gasteiger partial charge in [0, 0.05) is 25.3 Å². The zero-order valence-corrected chi connectivity index (χ0v) is 12.8. The van der Waals surface area contributed by atoms with E-state index in [1.54, 1.807) is 0 Å². The minimum atomic E-state index is 0.554. The summed E-state index contributed by atoms with van der Waals surface area (Å²) in [7, 11) is 0. The molecule has 3 rings (SSSR count). The van der Waals surface area contributed by atoms with Gasteiger partial charge in [0.05, 0.1) is 6.54 Å². The Morgan fingerprint density at radius 1 is 1.25 bits per heavy atom. The second kappa shape index (κ2) is 6.41. The lowest BCUT2D eigenvalue weighted by atomic mass is 10.0. The first-order valence-electron chi connectivity index (χ1n) is 6.95. The van der Waals surface area contributed by atoms with E-state index in [9.17, 15) is 0 Å². The van der Waals surface area contributed by atoms with Gasteiger partial charge in [0.1, 0.15) is 11.6 Å². The van der Waals surface area contributed by atoms with Gasteiger partial charge in [-0.2, -0.15) is 0 Å². The lowest BCUT2D eigenvalue weighted by molar-refractivity contribution is 0.384. The van der Waals surface area contributed by atoms with Crippen LogP contribution in [0.5, 0.6) is 0 Å². The number of hydrogen-bond acceptors (Lipinski definition) is 4. The molecule has 1 N–H and O–H groups in total. The van der Waals surface area contributed by atoms with E-state index in [4.69, 9.17) is 4.42 Å². The number of pyridine rings is 1. The van der Waals surface area contributed by atoms with Crippen molar-refractivity contribution < 1.29 is 4.42 Å². The molecule has 0 unspecified atom stereocenters. The van der Waals surface area contributed by atoms with Crippen molar-refractivity contribution in [2.75, 3.05) is 18.0 Å². The molecule has 2 aromatic heterocycles. The first-order valence-corrected chi connectivity index (χ1v) is 7.74. The minimum absolute atomic E-state index is 0.554. The molecular weight excluding hydrogens is 318 g/mol. The van der Waals surface area contributed by atoms with E-state index in [0.29, 0.717) is 6.04 Å². The molecule has 0 radical (unpaired) electrons. The second-order valence-corrected chi connectivity index (χ2v) is 5.82. The largest absolute Gasteiger partial charge is 0.453 e. The summed E-state index contributed by atoms with van der Waals surface area (Å²) in [5.74, 6) is 2.06. The molecule has 2 aromatic rings. The van der Waals surface area contributed by atoms with Crippen LogP contribution in [0.25, 0.3) is 0 Å². The third-order valence-electron chi connectivity index (χ3n) is 3.66. The highest BCUT2D eigenvalue weighted by atomic mass is 79.9. The van der Waals surface area contributed by atoms with Crippen LogP contribution in [-0.2, 0) is 6.54 Å². The Bertz CT molecular complexity index is 535. The van der Waals surface area contributed by atoms with Crippen LogP contribution in [-0.4, -0.2) is 24.1 Å². The smallest absolute Gasteiger partial charge is 0.169 e. The van der Waals surface area contributed by atoms with Crippen molar-refractivity contribution in [3.63, 3.8) is 0 Å². The number of rotatable bonds is 4. The Labute approximate surface area is 127 Å². The highest BCUT2D eigenvalue weighted by Gasteiger charge is 2.19. The van der Waals surface area contributed by atoms with Crippen LogP contribution in [0.3, 0.4) is 0 Å². The number of nitrogens with zero attached hydrogens (tertiary/aromatic N) is 2. The molecule has 1 fully saturated rings. The molecule has 4 nitrogen and oxygen atoms in total. The Hall–Kier alpha value is -1.33. The Morgan fingerprint density at radius 3 is 2.75 bits per heavy atom. The minimum Gasteiger partial charge on any atom is -0.453 e. The maximum Gasteiger partial charge on any atom is 0.169 e. The average molecular weight is 336 g/mol. The van der Waals surface area contributed by atoms with Crippen LogP contribution in [0.2, 0.25) is 0 Å². The molecule has 3 heterocycles. The zero-order valence-electron chi connectivity index (χ0n) is 11.3. The zero-order chi connectivity index (χ0) is 13.8. The summed E-state index contributed by atoms with van der Waals surface area (Å²) in [6, 6.07) is 10.6. The summed E-state index contributed by atoms with van der Waals surface area (Å²) in [6.07, 6.45) is 4.13. The van der Waals surface area contributed by atoms with E-state index >= 15 is 0 Å². The SMILES string of the molecule is Brc1ccc(CNC2CCN(c3ccccn3)CC2)o1. The molecule has 0 aliphatic carbocycles. The van der Waals surface area contributed by atoms with Gasteiger partial charge >= 0.3 is 0 Å². The van der Waals surface area contributed by atoms with Gasteiger partial charge in [0.2, 0.25) is 0 Å². The number of piperidine rings is 1. The van der Waals surface area contributed by atoms with Crippen molar-refractivity contribution >= 4 is 21.7 Å².